The number of nitrogens with zero attached hydrogens (tertiary/aromatic N) is 4. The van der Waals surface area contributed by atoms with Crippen LogP contribution in [0.1, 0.15) is 29.2 Å². The summed E-state index contributed by atoms with van der Waals surface area (Å²) in [4.78, 5) is 39.7. The Balaban J connectivity index is 1.49. The van der Waals surface area contributed by atoms with Gasteiger partial charge in [0.15, 0.2) is 12.1 Å². The normalized spacial score (nSPS) is 19.9. The standard InChI is InChI=1S/C23H25N5O3/c1-5-16-6-8-17(9-7-16)28-22(30)20-21(23(28)31)27(26-25-20)12-18(29)24-19-14(3)10-13(2)11-15(19)4/h6-11,20-21H,5,12H2,1-4H3,(H,24,29)/t20-,21-/m1/s1. The van der Waals surface area contributed by atoms with Crippen molar-refractivity contribution in [2.75, 3.05) is 16.8 Å². The van der Waals surface area contributed by atoms with Crippen LogP contribution in [0.25, 0.3) is 0 Å². The van der Waals surface area contributed by atoms with Crippen LogP contribution in [0.5, 0.6) is 0 Å². The van der Waals surface area contributed by atoms with Crippen LogP contribution in [0.3, 0.4) is 0 Å². The first kappa shape index (κ1) is 20.7. The number of amides is 3. The van der Waals surface area contributed by atoms with E-state index in [1.165, 1.54) is 5.01 Å². The van der Waals surface area contributed by atoms with E-state index >= 15 is 0 Å². The Kier molecular flexibility index (Phi) is 5.31. The van der Waals surface area contributed by atoms with Gasteiger partial charge >= 0.3 is 0 Å². The number of imide groups is 1. The van der Waals surface area contributed by atoms with Gasteiger partial charge in [0.05, 0.1) is 5.69 Å². The maximum absolute atomic E-state index is 13.1. The van der Waals surface area contributed by atoms with E-state index in [2.05, 4.69) is 15.7 Å². The first-order valence-corrected chi connectivity index (χ1v) is 10.3. The number of hydrogen-bond donors (Lipinski definition) is 1. The third kappa shape index (κ3) is 3.69. The lowest BCUT2D eigenvalue weighted by atomic mass is 10.1. The molecule has 2 aromatic rings. The van der Waals surface area contributed by atoms with Gasteiger partial charge in [-0.1, -0.05) is 42.0 Å². The largest absolute Gasteiger partial charge is 0.324 e. The highest BCUT2D eigenvalue weighted by molar-refractivity contribution is 6.25. The third-order valence-electron chi connectivity index (χ3n) is 5.71. The fraction of sp³-hybridized carbons (Fsp3) is 0.348. The number of benzene rings is 2. The van der Waals surface area contributed by atoms with Gasteiger partial charge in [-0.05, 0) is 56.0 Å². The molecule has 0 saturated carbocycles. The maximum atomic E-state index is 13.1. The minimum absolute atomic E-state index is 0.168. The van der Waals surface area contributed by atoms with E-state index in [0.717, 1.165) is 39.3 Å². The highest BCUT2D eigenvalue weighted by Gasteiger charge is 2.55. The Hall–Kier alpha value is -3.55. The number of nitrogens with one attached hydrogen (secondary N) is 1. The molecule has 3 amide bonds. The zero-order chi connectivity index (χ0) is 22.3. The Morgan fingerprint density at radius 3 is 2.29 bits per heavy atom. The van der Waals surface area contributed by atoms with Gasteiger partial charge < -0.3 is 5.32 Å². The van der Waals surface area contributed by atoms with Gasteiger partial charge in [-0.3, -0.25) is 19.4 Å². The number of fused-ring (bicyclic) bond motifs is 1. The summed E-state index contributed by atoms with van der Waals surface area (Å²) < 4.78 is 0. The van der Waals surface area contributed by atoms with Crippen LogP contribution in [-0.4, -0.2) is 41.4 Å². The molecule has 2 aliphatic heterocycles. The fourth-order valence-corrected chi connectivity index (χ4v) is 4.19. The number of hydrogen-bond acceptors (Lipinski definition) is 6. The smallest absolute Gasteiger partial charge is 0.263 e. The SMILES string of the molecule is CCc1ccc(N2C(=O)[C@@H]3N=NN(CC(=O)Nc4c(C)cc(C)cc4C)[C@H]3C2=O)cc1. The van der Waals surface area contributed by atoms with Gasteiger partial charge in [-0.15, -0.1) is 0 Å². The first-order chi connectivity index (χ1) is 14.8. The molecule has 0 unspecified atom stereocenters. The van der Waals surface area contributed by atoms with Crippen molar-refractivity contribution in [3.05, 3.63) is 58.7 Å². The molecular weight excluding hydrogens is 394 g/mol. The van der Waals surface area contributed by atoms with Crippen LogP contribution in [0.2, 0.25) is 0 Å². The summed E-state index contributed by atoms with van der Waals surface area (Å²) in [6.45, 7) is 7.73. The molecule has 1 N–H and O–H groups in total. The van der Waals surface area contributed by atoms with E-state index in [1.54, 1.807) is 12.1 Å². The lowest BCUT2D eigenvalue weighted by Crippen LogP contribution is -2.43. The summed E-state index contributed by atoms with van der Waals surface area (Å²) in [6.07, 6.45) is 0.866. The molecule has 2 aliphatic rings. The van der Waals surface area contributed by atoms with E-state index < -0.39 is 23.9 Å². The number of anilines is 2. The van der Waals surface area contributed by atoms with Gasteiger partial charge in [0, 0.05) is 5.69 Å². The second-order valence-electron chi connectivity index (χ2n) is 8.05. The zero-order valence-electron chi connectivity index (χ0n) is 18.0. The maximum Gasteiger partial charge on any atom is 0.263 e. The summed E-state index contributed by atoms with van der Waals surface area (Å²) in [7, 11) is 0. The highest BCUT2D eigenvalue weighted by Crippen LogP contribution is 2.32. The summed E-state index contributed by atoms with van der Waals surface area (Å²) in [5, 5.41) is 12.1. The van der Waals surface area contributed by atoms with E-state index in [1.807, 2.05) is 52.0 Å². The average Bonchev–Trinajstić information content (AvgIpc) is 3.24. The van der Waals surface area contributed by atoms with E-state index in [-0.39, 0.29) is 12.5 Å². The second kappa shape index (κ2) is 7.94. The van der Waals surface area contributed by atoms with Crippen LogP contribution in [0, 0.1) is 20.8 Å². The van der Waals surface area contributed by atoms with Crippen molar-refractivity contribution in [1.82, 2.24) is 5.01 Å². The lowest BCUT2D eigenvalue weighted by Gasteiger charge is -2.21. The van der Waals surface area contributed by atoms with Crippen molar-refractivity contribution in [1.29, 1.82) is 0 Å². The van der Waals surface area contributed by atoms with Crippen molar-refractivity contribution in [3.63, 3.8) is 0 Å². The fourth-order valence-electron chi connectivity index (χ4n) is 4.19. The summed E-state index contributed by atoms with van der Waals surface area (Å²) in [5.41, 5.74) is 5.40. The number of carbonyl (C=O) groups is 3. The summed E-state index contributed by atoms with van der Waals surface area (Å²) in [5.74, 6) is -1.16. The van der Waals surface area contributed by atoms with Gasteiger partial charge in [0.1, 0.15) is 6.54 Å². The predicted octanol–water partition coefficient (Wildman–Crippen LogP) is 3.11. The molecule has 0 radical (unpaired) electrons. The summed E-state index contributed by atoms with van der Waals surface area (Å²) in [6, 6.07) is 9.47. The molecule has 1 fully saturated rings. The molecular formula is C23H25N5O3. The molecule has 0 bridgehead atoms. The molecule has 2 heterocycles. The minimum Gasteiger partial charge on any atom is -0.324 e. The molecule has 0 aliphatic carbocycles. The van der Waals surface area contributed by atoms with Crippen molar-refractivity contribution >= 4 is 29.1 Å². The lowest BCUT2D eigenvalue weighted by molar-refractivity contribution is -0.123. The topological polar surface area (TPSA) is 94.4 Å². The number of rotatable bonds is 5. The molecule has 2 atom stereocenters. The van der Waals surface area contributed by atoms with E-state index in [4.69, 9.17) is 0 Å². The first-order valence-electron chi connectivity index (χ1n) is 10.3. The van der Waals surface area contributed by atoms with E-state index in [9.17, 15) is 14.4 Å². The quantitative estimate of drug-likeness (QED) is 0.754. The molecule has 2 aromatic carbocycles. The van der Waals surface area contributed by atoms with Crippen LogP contribution in [0.15, 0.2) is 46.7 Å². The minimum atomic E-state index is -0.922. The Labute approximate surface area is 180 Å². The molecule has 0 spiro atoms. The molecule has 0 aromatic heterocycles. The third-order valence-corrected chi connectivity index (χ3v) is 5.71. The van der Waals surface area contributed by atoms with Gasteiger partial charge in [0.2, 0.25) is 5.91 Å². The second-order valence-corrected chi connectivity index (χ2v) is 8.05. The molecule has 1 saturated heterocycles. The van der Waals surface area contributed by atoms with Crippen LogP contribution in [-0.2, 0) is 20.8 Å². The Bertz CT molecular complexity index is 1070. The molecule has 4 rings (SSSR count). The van der Waals surface area contributed by atoms with Crippen LogP contribution < -0.4 is 10.2 Å². The molecule has 8 nitrogen and oxygen atoms in total. The number of aryl methyl sites for hydroxylation is 4. The summed E-state index contributed by atoms with van der Waals surface area (Å²) >= 11 is 0. The molecule has 8 heteroatoms. The Morgan fingerprint density at radius 2 is 1.68 bits per heavy atom. The van der Waals surface area contributed by atoms with Crippen molar-refractivity contribution in [3.8, 4) is 0 Å². The zero-order valence-corrected chi connectivity index (χ0v) is 18.0. The predicted molar refractivity (Wildman–Crippen MR) is 117 cm³/mol. The van der Waals surface area contributed by atoms with Gasteiger partial charge in [0.25, 0.3) is 11.8 Å². The van der Waals surface area contributed by atoms with Crippen molar-refractivity contribution in [2.24, 2.45) is 10.3 Å². The van der Waals surface area contributed by atoms with Crippen molar-refractivity contribution < 1.29 is 14.4 Å². The van der Waals surface area contributed by atoms with Gasteiger partial charge in [-0.25, -0.2) is 4.90 Å². The van der Waals surface area contributed by atoms with Gasteiger partial charge in [-0.2, -0.15) is 5.11 Å². The number of carbonyl (C=O) groups excluding carboxylic acids is 3. The monoisotopic (exact) mass is 419 g/mol. The van der Waals surface area contributed by atoms with E-state index in [0.29, 0.717) is 5.69 Å². The van der Waals surface area contributed by atoms with Crippen LogP contribution in [0.4, 0.5) is 11.4 Å². The highest BCUT2D eigenvalue weighted by atomic mass is 16.2. The Morgan fingerprint density at radius 1 is 1.03 bits per heavy atom. The van der Waals surface area contributed by atoms with Crippen molar-refractivity contribution in [2.45, 2.75) is 46.2 Å². The van der Waals surface area contributed by atoms with Crippen LogP contribution >= 0.6 is 0 Å². The molecule has 160 valence electrons. The molecule has 31 heavy (non-hydrogen) atoms. The average molecular weight is 419 g/mol.